The first-order valence-corrected chi connectivity index (χ1v) is 4.29. The van der Waals surface area contributed by atoms with Crippen molar-refractivity contribution in [1.29, 1.82) is 0 Å². The maximum absolute atomic E-state index is 4.89. The van der Waals surface area contributed by atoms with Crippen molar-refractivity contribution >= 4 is 0 Å². The average molecular weight is 230 g/mol. The van der Waals surface area contributed by atoms with Crippen molar-refractivity contribution in [2.24, 2.45) is 0 Å². The van der Waals surface area contributed by atoms with Crippen LogP contribution in [0.15, 0.2) is 48.1 Å². The number of methoxy groups -OCH3 is 1. The summed E-state index contributed by atoms with van der Waals surface area (Å²) in [6, 6.07) is 0. The molecule has 0 fully saturated rings. The molecule has 0 bridgehead atoms. The van der Waals surface area contributed by atoms with Gasteiger partial charge in [0.15, 0.2) is 0 Å². The van der Waals surface area contributed by atoms with Crippen LogP contribution in [0.4, 0.5) is 0 Å². The molecule has 2 rings (SSSR count). The summed E-state index contributed by atoms with van der Waals surface area (Å²) in [7, 11) is 1.70. The Kier molecular flexibility index (Phi) is 8.65. The van der Waals surface area contributed by atoms with Crippen LogP contribution in [0, 0.1) is 12.8 Å². The summed E-state index contributed by atoms with van der Waals surface area (Å²) < 4.78 is 4.89. The minimum Gasteiger partial charge on any atom is -0.380 e. The van der Waals surface area contributed by atoms with Gasteiger partial charge in [0.2, 0.25) is 0 Å². The minimum atomic E-state index is 0. The third-order valence-corrected chi connectivity index (χ3v) is 1.60. The molecule has 0 amide bonds. The summed E-state index contributed by atoms with van der Waals surface area (Å²) in [5, 5.41) is 0. The molecule has 0 saturated heterocycles. The van der Waals surface area contributed by atoms with Gasteiger partial charge in [-0.1, -0.05) is 42.5 Å². The van der Waals surface area contributed by atoms with Gasteiger partial charge in [-0.3, -0.25) is 0 Å². The molecule has 14 heavy (non-hydrogen) atoms. The van der Waals surface area contributed by atoms with Crippen LogP contribution >= 0.6 is 0 Å². The zero-order valence-electron chi connectivity index (χ0n) is 8.17. The Morgan fingerprint density at radius 3 is 2.07 bits per heavy atom. The molecule has 0 heterocycles. The van der Waals surface area contributed by atoms with Crippen molar-refractivity contribution in [1.82, 2.24) is 0 Å². The number of rotatable bonds is 2. The first-order chi connectivity index (χ1) is 6.43. The fraction of sp³-hybridized carbons (Fsp3) is 0.167. The number of ether oxygens (including phenoxy) is 1. The van der Waals surface area contributed by atoms with Gasteiger partial charge in [-0.2, -0.15) is 0 Å². The van der Waals surface area contributed by atoms with Gasteiger partial charge in [-0.25, -0.2) is 0 Å². The average Bonchev–Trinajstić information content (AvgIpc) is 2.79. The summed E-state index contributed by atoms with van der Waals surface area (Å²) in [5.74, 6) is 0. The molecule has 0 unspecified atom stereocenters. The Hall–Kier alpha value is -0.561. The minimum absolute atomic E-state index is 0. The van der Waals surface area contributed by atoms with E-state index in [1.165, 1.54) is 5.57 Å². The second kappa shape index (κ2) is 9.01. The van der Waals surface area contributed by atoms with Crippen LogP contribution in [-0.2, 0) is 21.8 Å². The molecule has 0 aliphatic heterocycles. The van der Waals surface area contributed by atoms with Crippen molar-refractivity contribution in [3.63, 3.8) is 0 Å². The predicted molar refractivity (Wildman–Crippen MR) is 56.0 cm³/mol. The van der Waals surface area contributed by atoms with Crippen molar-refractivity contribution in [3.8, 4) is 0 Å². The van der Waals surface area contributed by atoms with Gasteiger partial charge < -0.3 is 4.74 Å². The fourth-order valence-corrected chi connectivity index (χ4v) is 0.998. The van der Waals surface area contributed by atoms with Crippen molar-refractivity contribution in [3.05, 3.63) is 60.9 Å². The van der Waals surface area contributed by atoms with E-state index >= 15 is 0 Å². The molecular formula is C12H14FeO. The van der Waals surface area contributed by atoms with Crippen LogP contribution in [0.25, 0.3) is 0 Å². The van der Waals surface area contributed by atoms with Crippen molar-refractivity contribution in [2.45, 2.75) is 0 Å². The molecule has 0 atom stereocenters. The first kappa shape index (κ1) is 13.4. The molecule has 0 aromatic rings. The molecule has 1 nitrogen and oxygen atoms in total. The van der Waals surface area contributed by atoms with E-state index in [9.17, 15) is 0 Å². The molecular weight excluding hydrogens is 216 g/mol. The standard InChI is InChI=1S/C7H9O.C5H5.Fe/c1-8-6-7-4-2-3-5-7;1-2-4-5-3-1;/h2-5H,6H2,1H3;1-5H;. The first-order valence-electron chi connectivity index (χ1n) is 4.29. The van der Waals surface area contributed by atoms with Gasteiger partial charge in [-0.15, -0.1) is 0 Å². The van der Waals surface area contributed by atoms with E-state index in [4.69, 9.17) is 4.74 Å². The van der Waals surface area contributed by atoms with E-state index in [2.05, 4.69) is 0 Å². The second-order valence-corrected chi connectivity index (χ2v) is 2.69. The van der Waals surface area contributed by atoms with E-state index in [1.807, 2.05) is 55.4 Å². The monoisotopic (exact) mass is 230 g/mol. The van der Waals surface area contributed by atoms with E-state index < -0.39 is 0 Å². The van der Waals surface area contributed by atoms with Gasteiger partial charge in [0.05, 0.1) is 6.61 Å². The summed E-state index contributed by atoms with van der Waals surface area (Å²) in [6.45, 7) is 0.729. The Morgan fingerprint density at radius 1 is 1.00 bits per heavy atom. The zero-order chi connectivity index (χ0) is 9.36. The Morgan fingerprint density at radius 2 is 1.71 bits per heavy atom. The molecule has 2 aliphatic carbocycles. The zero-order valence-corrected chi connectivity index (χ0v) is 9.27. The van der Waals surface area contributed by atoms with Gasteiger partial charge in [-0.05, 0) is 5.57 Å². The third kappa shape index (κ3) is 5.98. The summed E-state index contributed by atoms with van der Waals surface area (Å²) in [4.78, 5) is 0. The summed E-state index contributed by atoms with van der Waals surface area (Å²) in [5.41, 5.74) is 1.24. The van der Waals surface area contributed by atoms with Crippen LogP contribution in [-0.4, -0.2) is 13.7 Å². The summed E-state index contributed by atoms with van der Waals surface area (Å²) in [6.07, 6.45) is 18.1. The molecule has 0 saturated carbocycles. The summed E-state index contributed by atoms with van der Waals surface area (Å²) >= 11 is 0. The topological polar surface area (TPSA) is 9.23 Å². The van der Waals surface area contributed by atoms with Gasteiger partial charge in [0.25, 0.3) is 0 Å². The Balaban J connectivity index is 0.000000246. The molecule has 76 valence electrons. The quantitative estimate of drug-likeness (QED) is 0.662. The van der Waals surface area contributed by atoms with E-state index in [1.54, 1.807) is 7.11 Å². The van der Waals surface area contributed by atoms with Crippen LogP contribution in [0.5, 0.6) is 0 Å². The predicted octanol–water partition coefficient (Wildman–Crippen LogP) is 2.65. The molecule has 2 radical (unpaired) electrons. The van der Waals surface area contributed by atoms with Crippen molar-refractivity contribution in [2.75, 3.05) is 13.7 Å². The maximum atomic E-state index is 4.89. The van der Waals surface area contributed by atoms with Gasteiger partial charge in [0.1, 0.15) is 0 Å². The number of hydrogen-bond acceptors (Lipinski definition) is 1. The molecule has 2 heteroatoms. The van der Waals surface area contributed by atoms with Crippen LogP contribution < -0.4 is 0 Å². The van der Waals surface area contributed by atoms with Crippen molar-refractivity contribution < 1.29 is 21.8 Å². The Labute approximate surface area is 96.7 Å². The molecule has 2 aliphatic rings. The maximum Gasteiger partial charge on any atom is 0.0682 e. The normalized spacial score (nSPS) is 15.9. The van der Waals surface area contributed by atoms with E-state index in [0.717, 1.165) is 6.61 Å². The van der Waals surface area contributed by atoms with Gasteiger partial charge >= 0.3 is 0 Å². The largest absolute Gasteiger partial charge is 0.380 e. The molecule has 0 aromatic carbocycles. The fourth-order valence-electron chi connectivity index (χ4n) is 0.998. The second-order valence-electron chi connectivity index (χ2n) is 2.69. The smallest absolute Gasteiger partial charge is 0.0682 e. The van der Waals surface area contributed by atoms with E-state index in [-0.39, 0.29) is 17.1 Å². The van der Waals surface area contributed by atoms with Crippen LogP contribution in [0.2, 0.25) is 0 Å². The van der Waals surface area contributed by atoms with E-state index in [0.29, 0.717) is 0 Å². The molecule has 0 N–H and O–H groups in total. The van der Waals surface area contributed by atoms with Crippen LogP contribution in [0.3, 0.4) is 0 Å². The Bertz CT molecular complexity index is 239. The SMILES string of the molecule is COCC1=CC=C[CH]1.[CH]1C=CC=C1.[Fe]. The number of allylic oxidation sites excluding steroid dienone is 7. The molecule has 0 aromatic heterocycles. The number of hydrogen-bond donors (Lipinski definition) is 0. The van der Waals surface area contributed by atoms with Gasteiger partial charge in [0, 0.05) is 37.0 Å². The molecule has 0 spiro atoms. The third-order valence-electron chi connectivity index (χ3n) is 1.60. The van der Waals surface area contributed by atoms with Crippen LogP contribution in [0.1, 0.15) is 0 Å².